The van der Waals surface area contributed by atoms with E-state index in [2.05, 4.69) is 66.9 Å². The molecule has 0 atom stereocenters. The van der Waals surface area contributed by atoms with Gasteiger partial charge in [0.2, 0.25) is 0 Å². The molecule has 1 N–H and O–H groups in total. The van der Waals surface area contributed by atoms with Crippen LogP contribution in [0.1, 0.15) is 63.5 Å². The number of rotatable bonds is 9. The molecule has 0 aromatic heterocycles. The van der Waals surface area contributed by atoms with E-state index >= 15 is 0 Å². The number of benzene rings is 1. The number of aliphatic imine (C=N–C) groups is 2. The van der Waals surface area contributed by atoms with E-state index in [-0.39, 0.29) is 0 Å². The third-order valence-electron chi connectivity index (χ3n) is 5.69. The lowest BCUT2D eigenvalue weighted by Crippen LogP contribution is -2.30. The van der Waals surface area contributed by atoms with E-state index in [0.717, 1.165) is 47.3 Å². The Labute approximate surface area is 171 Å². The second-order valence-corrected chi connectivity index (χ2v) is 7.96. The molecule has 1 aliphatic heterocycles. The first kappa shape index (κ1) is 22.4. The first-order chi connectivity index (χ1) is 13.5. The summed E-state index contributed by atoms with van der Waals surface area (Å²) >= 11 is 0. The van der Waals surface area contributed by atoms with Crippen LogP contribution in [0.5, 0.6) is 0 Å². The molecule has 1 aromatic carbocycles. The van der Waals surface area contributed by atoms with Crippen LogP contribution in [-0.2, 0) is 0 Å². The normalized spacial score (nSPS) is 17.0. The molecule has 1 heterocycles. The fourth-order valence-electron chi connectivity index (χ4n) is 3.59. The van der Waals surface area contributed by atoms with Gasteiger partial charge in [-0.05, 0) is 69.8 Å². The van der Waals surface area contributed by atoms with E-state index in [1.165, 1.54) is 45.2 Å². The van der Waals surface area contributed by atoms with Crippen LogP contribution in [0.25, 0.3) is 5.70 Å². The molecule has 2 rings (SSSR count). The Morgan fingerprint density at radius 3 is 2.43 bits per heavy atom. The summed E-state index contributed by atoms with van der Waals surface area (Å²) in [7, 11) is 4.07. The van der Waals surface area contributed by atoms with Crippen LogP contribution in [0.3, 0.4) is 0 Å². The van der Waals surface area contributed by atoms with Gasteiger partial charge in [-0.2, -0.15) is 0 Å². The number of hydrogen-bond acceptors (Lipinski definition) is 3. The van der Waals surface area contributed by atoms with Crippen molar-refractivity contribution in [2.24, 2.45) is 15.9 Å². The highest BCUT2D eigenvalue weighted by Gasteiger charge is 2.17. The fraction of sp³-hybridized carbons (Fsp3) is 0.583. The third-order valence-corrected chi connectivity index (χ3v) is 5.69. The molecule has 0 saturated carbocycles. The average Bonchev–Trinajstić information content (AvgIpc) is 2.72. The van der Waals surface area contributed by atoms with Crippen LogP contribution in [0.2, 0.25) is 0 Å². The molecular formula is C24H38N4. The van der Waals surface area contributed by atoms with Gasteiger partial charge in [-0.15, -0.1) is 0 Å². The van der Waals surface area contributed by atoms with E-state index in [1.54, 1.807) is 0 Å². The Kier molecular flexibility index (Phi) is 9.42. The van der Waals surface area contributed by atoms with Crippen LogP contribution < -0.4 is 5.32 Å². The molecule has 0 amide bonds. The zero-order valence-corrected chi connectivity index (χ0v) is 18.3. The summed E-state index contributed by atoms with van der Waals surface area (Å²) in [6, 6.07) is 8.50. The second kappa shape index (κ2) is 11.8. The highest BCUT2D eigenvalue weighted by Crippen LogP contribution is 2.21. The molecule has 1 aromatic rings. The Balaban J connectivity index is 1.90. The molecule has 1 fully saturated rings. The number of likely N-dealkylation sites (tertiary alicyclic amines) is 1. The summed E-state index contributed by atoms with van der Waals surface area (Å²) in [6.07, 6.45) is 7.12. The number of unbranched alkanes of at least 4 members (excludes halogenated alkanes) is 1. The molecule has 0 radical (unpaired) electrons. The van der Waals surface area contributed by atoms with E-state index in [9.17, 15) is 0 Å². The predicted octanol–water partition coefficient (Wildman–Crippen LogP) is 5.01. The van der Waals surface area contributed by atoms with Gasteiger partial charge in [-0.3, -0.25) is 4.99 Å². The maximum Gasteiger partial charge on any atom is 0.123 e. The van der Waals surface area contributed by atoms with Gasteiger partial charge in [-0.25, -0.2) is 4.99 Å². The first-order valence-electron chi connectivity index (χ1n) is 10.8. The van der Waals surface area contributed by atoms with Gasteiger partial charge >= 0.3 is 0 Å². The summed E-state index contributed by atoms with van der Waals surface area (Å²) in [5, 5.41) is 3.39. The second-order valence-electron chi connectivity index (χ2n) is 7.96. The van der Waals surface area contributed by atoms with Gasteiger partial charge in [0.1, 0.15) is 5.84 Å². The van der Waals surface area contributed by atoms with Crippen molar-refractivity contribution in [1.29, 1.82) is 0 Å². The molecule has 0 bridgehead atoms. The van der Waals surface area contributed by atoms with E-state index in [0.29, 0.717) is 0 Å². The summed E-state index contributed by atoms with van der Waals surface area (Å²) < 4.78 is 0. The van der Waals surface area contributed by atoms with Crippen molar-refractivity contribution in [3.63, 3.8) is 0 Å². The van der Waals surface area contributed by atoms with Crippen molar-refractivity contribution in [3.05, 3.63) is 42.0 Å². The van der Waals surface area contributed by atoms with E-state index in [1.807, 2.05) is 7.05 Å². The maximum atomic E-state index is 4.82. The number of nitrogens with one attached hydrogen (secondary N) is 1. The van der Waals surface area contributed by atoms with Crippen molar-refractivity contribution in [2.75, 3.05) is 33.7 Å². The molecule has 4 nitrogen and oxygen atoms in total. The average molecular weight is 383 g/mol. The number of piperidine rings is 1. The number of nitrogens with zero attached hydrogens (tertiary/aromatic N) is 3. The smallest absolute Gasteiger partial charge is 0.123 e. The minimum atomic E-state index is 0.814. The van der Waals surface area contributed by atoms with Gasteiger partial charge in [0, 0.05) is 31.4 Å². The minimum absolute atomic E-state index is 0.814. The van der Waals surface area contributed by atoms with Crippen LogP contribution >= 0.6 is 0 Å². The molecular weight excluding hydrogens is 344 g/mol. The monoisotopic (exact) mass is 382 g/mol. The molecule has 1 saturated heterocycles. The first-order valence-corrected chi connectivity index (χ1v) is 10.8. The lowest BCUT2D eigenvalue weighted by atomic mass is 9.92. The van der Waals surface area contributed by atoms with E-state index in [4.69, 9.17) is 4.99 Å². The van der Waals surface area contributed by atoms with Crippen molar-refractivity contribution in [2.45, 2.75) is 52.4 Å². The van der Waals surface area contributed by atoms with Gasteiger partial charge < -0.3 is 10.2 Å². The van der Waals surface area contributed by atoms with Gasteiger partial charge in [0.25, 0.3) is 0 Å². The number of amidine groups is 1. The molecule has 0 spiro atoms. The molecule has 1 aliphatic rings. The van der Waals surface area contributed by atoms with Crippen molar-refractivity contribution in [3.8, 4) is 0 Å². The Hall–Kier alpha value is -1.94. The van der Waals surface area contributed by atoms with Crippen molar-refractivity contribution in [1.82, 2.24) is 10.2 Å². The lowest BCUT2D eigenvalue weighted by Gasteiger charge is -2.28. The van der Waals surface area contributed by atoms with Crippen LogP contribution in [0, 0.1) is 5.92 Å². The molecule has 4 heteroatoms. The topological polar surface area (TPSA) is 40.0 Å². The molecule has 0 aliphatic carbocycles. The highest BCUT2D eigenvalue weighted by molar-refractivity contribution is 6.06. The van der Waals surface area contributed by atoms with Gasteiger partial charge in [-0.1, -0.05) is 44.2 Å². The highest BCUT2D eigenvalue weighted by atomic mass is 15.1. The van der Waals surface area contributed by atoms with Crippen molar-refractivity contribution >= 4 is 17.2 Å². The summed E-state index contributed by atoms with van der Waals surface area (Å²) in [6.45, 7) is 11.8. The zero-order valence-electron chi connectivity index (χ0n) is 18.3. The standard InChI is InChI=1S/C24H38N4/c1-6-7-16-26-19(2)22-9-11-23(12-10-22)20(3)27-24(25-4)13-8-21-14-17-28(5)18-15-21/h9-12,21,26H,2,6-8,13-18H2,1,3-5H3. The Bertz CT molecular complexity index is 664. The zero-order chi connectivity index (χ0) is 20.4. The Morgan fingerprint density at radius 1 is 1.18 bits per heavy atom. The SMILES string of the molecule is C=C(NCCCC)c1ccc(C(C)=NC(CCC2CCN(C)CC2)=NC)cc1. The van der Waals surface area contributed by atoms with Gasteiger partial charge in [0.15, 0.2) is 0 Å². The lowest BCUT2D eigenvalue weighted by molar-refractivity contribution is 0.214. The summed E-state index contributed by atoms with van der Waals surface area (Å²) in [4.78, 5) is 11.7. The third kappa shape index (κ3) is 7.23. The molecule has 28 heavy (non-hydrogen) atoms. The summed E-state index contributed by atoms with van der Waals surface area (Å²) in [5.41, 5.74) is 4.30. The fourth-order valence-corrected chi connectivity index (χ4v) is 3.59. The Morgan fingerprint density at radius 2 is 1.82 bits per heavy atom. The quantitative estimate of drug-likeness (QED) is 0.371. The number of hydrogen-bond donors (Lipinski definition) is 1. The minimum Gasteiger partial charge on any atom is -0.385 e. The predicted molar refractivity (Wildman–Crippen MR) is 123 cm³/mol. The molecule has 0 unspecified atom stereocenters. The van der Waals surface area contributed by atoms with Crippen LogP contribution in [-0.4, -0.2) is 50.2 Å². The maximum absolute atomic E-state index is 4.82. The van der Waals surface area contributed by atoms with E-state index < -0.39 is 0 Å². The van der Waals surface area contributed by atoms with Gasteiger partial charge in [0.05, 0.1) is 0 Å². The summed E-state index contributed by atoms with van der Waals surface area (Å²) in [5.74, 6) is 1.78. The van der Waals surface area contributed by atoms with Crippen molar-refractivity contribution < 1.29 is 0 Å². The van der Waals surface area contributed by atoms with Crippen LogP contribution in [0.15, 0.2) is 40.8 Å². The largest absolute Gasteiger partial charge is 0.385 e. The van der Waals surface area contributed by atoms with Crippen LogP contribution in [0.4, 0.5) is 0 Å². The molecule has 154 valence electrons.